The highest BCUT2D eigenvalue weighted by Crippen LogP contribution is 2.47. The summed E-state index contributed by atoms with van der Waals surface area (Å²) in [5, 5.41) is 2.45. The van der Waals surface area contributed by atoms with Gasteiger partial charge in [0.25, 0.3) is 0 Å². The van der Waals surface area contributed by atoms with Crippen molar-refractivity contribution in [3.8, 4) is 0 Å². The molecule has 3 rings (SSSR count). The summed E-state index contributed by atoms with van der Waals surface area (Å²) in [5.74, 6) is -0.716. The minimum atomic E-state index is -0.375. The van der Waals surface area contributed by atoms with Gasteiger partial charge in [0.1, 0.15) is 0 Å². The second-order valence-corrected chi connectivity index (χ2v) is 6.16. The normalized spacial score (nSPS) is 30.7. The number of ether oxygens (including phenoxy) is 1. The molecule has 2 heterocycles. The van der Waals surface area contributed by atoms with Gasteiger partial charge < -0.3 is 4.74 Å². The highest BCUT2D eigenvalue weighted by molar-refractivity contribution is 9.10. The molecule has 1 spiro atoms. The first-order valence-corrected chi connectivity index (χ1v) is 7.07. The molecule has 0 radical (unpaired) electrons. The zero-order chi connectivity index (χ0) is 13.5. The van der Waals surface area contributed by atoms with Gasteiger partial charge in [0.05, 0.1) is 12.5 Å². The number of carbonyl (C=O) groups is 2. The van der Waals surface area contributed by atoms with Crippen LogP contribution in [0.3, 0.4) is 0 Å². The Hall–Kier alpha value is -1.20. The smallest absolute Gasteiger partial charge is 0.234 e. The topological polar surface area (TPSA) is 55.4 Å². The van der Waals surface area contributed by atoms with Gasteiger partial charge in [-0.2, -0.15) is 0 Å². The fraction of sp³-hybridized carbons (Fsp3) is 0.429. The van der Waals surface area contributed by atoms with Crippen LogP contribution in [0.25, 0.3) is 0 Å². The molecule has 0 aliphatic carbocycles. The van der Waals surface area contributed by atoms with Crippen LogP contribution in [0.2, 0.25) is 0 Å². The average molecular weight is 324 g/mol. The molecule has 2 unspecified atom stereocenters. The van der Waals surface area contributed by atoms with Gasteiger partial charge in [0.2, 0.25) is 11.8 Å². The molecule has 2 atom stereocenters. The zero-order valence-corrected chi connectivity index (χ0v) is 11.9. The van der Waals surface area contributed by atoms with Gasteiger partial charge in [-0.1, -0.05) is 28.1 Å². The van der Waals surface area contributed by atoms with E-state index in [1.54, 1.807) is 0 Å². The first-order valence-electron chi connectivity index (χ1n) is 6.28. The Labute approximate surface area is 119 Å². The molecule has 0 bridgehead atoms. The van der Waals surface area contributed by atoms with Crippen LogP contribution >= 0.6 is 15.9 Å². The summed E-state index contributed by atoms with van der Waals surface area (Å²) in [6.07, 6.45) is 1.11. The lowest BCUT2D eigenvalue weighted by molar-refractivity contribution is -0.140. The Kier molecular flexibility index (Phi) is 3.19. The molecule has 2 aliphatic heterocycles. The molecule has 1 aromatic rings. The van der Waals surface area contributed by atoms with Gasteiger partial charge >= 0.3 is 0 Å². The van der Waals surface area contributed by atoms with Crippen LogP contribution in [0, 0.1) is 5.41 Å². The highest BCUT2D eigenvalue weighted by atomic mass is 79.9. The third-order valence-electron chi connectivity index (χ3n) is 3.97. The Morgan fingerprint density at radius 3 is 2.89 bits per heavy atom. The summed E-state index contributed by atoms with van der Waals surface area (Å²) in [5.41, 5.74) is 0.560. The largest absolute Gasteiger partial charge is 0.381 e. The molecule has 2 aliphatic rings. The minimum Gasteiger partial charge on any atom is -0.381 e. The number of halogens is 1. The van der Waals surface area contributed by atoms with Crippen molar-refractivity contribution in [1.29, 1.82) is 0 Å². The average Bonchev–Trinajstić information content (AvgIpc) is 2.76. The molecule has 5 heteroatoms. The van der Waals surface area contributed by atoms with E-state index in [-0.39, 0.29) is 23.1 Å². The van der Waals surface area contributed by atoms with Crippen LogP contribution in [-0.2, 0) is 14.3 Å². The maximum Gasteiger partial charge on any atom is 0.234 e. The van der Waals surface area contributed by atoms with E-state index >= 15 is 0 Å². The van der Waals surface area contributed by atoms with E-state index in [2.05, 4.69) is 21.2 Å². The van der Waals surface area contributed by atoms with E-state index < -0.39 is 0 Å². The van der Waals surface area contributed by atoms with E-state index in [1.807, 2.05) is 24.3 Å². The third-order valence-corrected chi connectivity index (χ3v) is 4.46. The van der Waals surface area contributed by atoms with Crippen LogP contribution in [0.5, 0.6) is 0 Å². The molecule has 4 nitrogen and oxygen atoms in total. The van der Waals surface area contributed by atoms with Crippen LogP contribution in [-0.4, -0.2) is 25.0 Å². The predicted octanol–water partition coefficient (Wildman–Crippen LogP) is 1.99. The fourth-order valence-electron chi connectivity index (χ4n) is 3.13. The lowest BCUT2D eigenvalue weighted by Crippen LogP contribution is -2.51. The van der Waals surface area contributed by atoms with E-state index in [1.165, 1.54) is 0 Å². The van der Waals surface area contributed by atoms with Gasteiger partial charge in [-0.15, -0.1) is 0 Å². The van der Waals surface area contributed by atoms with E-state index in [9.17, 15) is 9.59 Å². The van der Waals surface area contributed by atoms with Crippen LogP contribution < -0.4 is 5.32 Å². The molecular weight excluding hydrogens is 310 g/mol. The van der Waals surface area contributed by atoms with Gasteiger partial charge in [0.15, 0.2) is 0 Å². The number of carbonyl (C=O) groups excluding carboxylic acids is 2. The van der Waals surface area contributed by atoms with Gasteiger partial charge in [-0.25, -0.2) is 0 Å². The molecule has 2 amide bonds. The molecular formula is C14H14BrNO3. The number of hydrogen-bond donors (Lipinski definition) is 1. The SMILES string of the molecule is O=C1CC2(CCOC2)C(c2cccc(Br)c2)C(=O)N1. The van der Waals surface area contributed by atoms with Crippen molar-refractivity contribution >= 4 is 27.7 Å². The maximum atomic E-state index is 12.3. The summed E-state index contributed by atoms with van der Waals surface area (Å²) in [6, 6.07) is 7.71. The fourth-order valence-corrected chi connectivity index (χ4v) is 3.55. The molecule has 0 aromatic heterocycles. The molecule has 1 aromatic carbocycles. The quantitative estimate of drug-likeness (QED) is 0.804. The molecule has 1 N–H and O–H groups in total. The number of imide groups is 1. The first kappa shape index (κ1) is 12.8. The minimum absolute atomic E-state index is 0.193. The first-order chi connectivity index (χ1) is 9.11. The lowest BCUT2D eigenvalue weighted by Gasteiger charge is -2.38. The highest BCUT2D eigenvalue weighted by Gasteiger charge is 2.51. The van der Waals surface area contributed by atoms with Crippen molar-refractivity contribution in [2.45, 2.75) is 18.8 Å². The van der Waals surface area contributed by atoms with Crippen molar-refractivity contribution in [2.75, 3.05) is 13.2 Å². The number of rotatable bonds is 1. The molecule has 2 saturated heterocycles. The Bertz CT molecular complexity index is 537. The Balaban J connectivity index is 2.05. The second-order valence-electron chi connectivity index (χ2n) is 5.24. The number of piperidine rings is 1. The van der Waals surface area contributed by atoms with Crippen molar-refractivity contribution < 1.29 is 14.3 Å². The van der Waals surface area contributed by atoms with Crippen molar-refractivity contribution in [3.63, 3.8) is 0 Å². The Morgan fingerprint density at radius 1 is 1.37 bits per heavy atom. The summed E-state index contributed by atoms with van der Waals surface area (Å²) in [4.78, 5) is 24.0. The van der Waals surface area contributed by atoms with Crippen molar-refractivity contribution in [1.82, 2.24) is 5.32 Å². The molecule has 19 heavy (non-hydrogen) atoms. The predicted molar refractivity (Wildman–Crippen MR) is 72.5 cm³/mol. The number of nitrogens with one attached hydrogen (secondary N) is 1. The van der Waals surface area contributed by atoms with Gasteiger partial charge in [0, 0.05) is 22.9 Å². The monoisotopic (exact) mass is 323 g/mol. The van der Waals surface area contributed by atoms with E-state index in [0.29, 0.717) is 19.6 Å². The number of hydrogen-bond acceptors (Lipinski definition) is 3. The van der Waals surface area contributed by atoms with Gasteiger partial charge in [-0.05, 0) is 24.1 Å². The summed E-state index contributed by atoms with van der Waals surface area (Å²) < 4.78 is 6.41. The molecule has 2 fully saturated rings. The van der Waals surface area contributed by atoms with Crippen LogP contribution in [0.1, 0.15) is 24.3 Å². The molecule has 0 saturated carbocycles. The Morgan fingerprint density at radius 2 is 2.21 bits per heavy atom. The summed E-state index contributed by atoms with van der Waals surface area (Å²) >= 11 is 3.43. The maximum absolute atomic E-state index is 12.3. The standard InChI is InChI=1S/C14H14BrNO3/c15-10-3-1-2-9(6-10)12-13(18)16-11(17)7-14(12)4-5-19-8-14/h1-3,6,12H,4-5,7-8H2,(H,16,17,18). The second kappa shape index (κ2) is 4.72. The third kappa shape index (κ3) is 2.21. The number of benzene rings is 1. The number of amides is 2. The zero-order valence-electron chi connectivity index (χ0n) is 10.3. The van der Waals surface area contributed by atoms with Gasteiger partial charge in [-0.3, -0.25) is 14.9 Å². The van der Waals surface area contributed by atoms with E-state index in [0.717, 1.165) is 16.5 Å². The lowest BCUT2D eigenvalue weighted by atomic mass is 9.67. The van der Waals surface area contributed by atoms with Crippen LogP contribution in [0.4, 0.5) is 0 Å². The van der Waals surface area contributed by atoms with E-state index in [4.69, 9.17) is 4.74 Å². The van der Waals surface area contributed by atoms with Crippen molar-refractivity contribution in [3.05, 3.63) is 34.3 Å². The summed E-state index contributed by atoms with van der Waals surface area (Å²) in [7, 11) is 0. The van der Waals surface area contributed by atoms with Crippen LogP contribution in [0.15, 0.2) is 28.7 Å². The summed E-state index contributed by atoms with van der Waals surface area (Å²) in [6.45, 7) is 1.09. The molecule has 100 valence electrons. The van der Waals surface area contributed by atoms with Crippen molar-refractivity contribution in [2.24, 2.45) is 5.41 Å².